The van der Waals surface area contributed by atoms with Crippen LogP contribution in [0.5, 0.6) is 0 Å². The predicted molar refractivity (Wildman–Crippen MR) is 83.5 cm³/mol. The van der Waals surface area contributed by atoms with Gasteiger partial charge in [0.1, 0.15) is 0 Å². The topological polar surface area (TPSA) is 90.2 Å². The molecule has 1 atom stereocenters. The molecule has 120 valence electrons. The number of sulfonamides is 1. The lowest BCUT2D eigenvalue weighted by atomic mass is 9.83. The lowest BCUT2D eigenvalue weighted by Gasteiger charge is -2.30. The summed E-state index contributed by atoms with van der Waals surface area (Å²) in [4.78, 5) is 0.102. The largest absolute Gasteiger partial charge is 0.396 e. The number of aliphatic hydroxyl groups excluding tert-OH is 1. The van der Waals surface area contributed by atoms with Gasteiger partial charge in [-0.25, -0.2) is 13.1 Å². The Labute approximate surface area is 132 Å². The Balaban J connectivity index is 2.18. The summed E-state index contributed by atoms with van der Waals surface area (Å²) in [5.41, 5.74) is 0.319. The monoisotopic (exact) mass is 322 g/mol. The summed E-state index contributed by atoms with van der Waals surface area (Å²) in [6, 6.07) is 7.70. The molecule has 22 heavy (non-hydrogen) atoms. The third-order valence-corrected chi connectivity index (χ3v) is 5.73. The second-order valence-electron chi connectivity index (χ2n) is 5.78. The van der Waals surface area contributed by atoms with Gasteiger partial charge in [0, 0.05) is 12.6 Å². The zero-order valence-corrected chi connectivity index (χ0v) is 13.3. The van der Waals surface area contributed by atoms with Gasteiger partial charge in [-0.05, 0) is 43.4 Å². The van der Waals surface area contributed by atoms with Gasteiger partial charge in [-0.1, -0.05) is 25.3 Å². The Hall–Kier alpha value is -1.42. The highest BCUT2D eigenvalue weighted by Crippen LogP contribution is 2.28. The van der Waals surface area contributed by atoms with Gasteiger partial charge in [-0.2, -0.15) is 5.26 Å². The van der Waals surface area contributed by atoms with Crippen LogP contribution in [-0.2, 0) is 10.0 Å². The number of aliphatic hydroxyl groups is 1. The van der Waals surface area contributed by atoms with Gasteiger partial charge in [-0.3, -0.25) is 0 Å². The molecule has 5 nitrogen and oxygen atoms in total. The number of hydrogen-bond donors (Lipinski definition) is 2. The summed E-state index contributed by atoms with van der Waals surface area (Å²) < 4.78 is 27.8. The molecule has 6 heteroatoms. The third kappa shape index (κ3) is 4.29. The summed E-state index contributed by atoms with van der Waals surface area (Å²) >= 11 is 0. The minimum absolute atomic E-state index is 0.0398. The van der Waals surface area contributed by atoms with Gasteiger partial charge >= 0.3 is 0 Å². The first-order valence-corrected chi connectivity index (χ1v) is 9.18. The van der Waals surface area contributed by atoms with Crippen LogP contribution < -0.4 is 4.72 Å². The van der Waals surface area contributed by atoms with Crippen LogP contribution in [-0.4, -0.2) is 26.2 Å². The Bertz CT molecular complexity index is 631. The number of benzene rings is 1. The van der Waals surface area contributed by atoms with Crippen molar-refractivity contribution in [3.05, 3.63) is 29.8 Å². The molecule has 0 amide bonds. The first kappa shape index (κ1) is 16.9. The summed E-state index contributed by atoms with van der Waals surface area (Å²) in [5.74, 6) is 0.273. The molecule has 0 bridgehead atoms. The van der Waals surface area contributed by atoms with Crippen LogP contribution in [0.2, 0.25) is 0 Å². The van der Waals surface area contributed by atoms with E-state index in [4.69, 9.17) is 5.26 Å². The fourth-order valence-corrected chi connectivity index (χ4v) is 4.45. The Morgan fingerprint density at radius 1 is 1.32 bits per heavy atom. The predicted octanol–water partition coefficient (Wildman–Crippen LogP) is 2.17. The van der Waals surface area contributed by atoms with E-state index < -0.39 is 10.0 Å². The molecule has 1 fully saturated rings. The molecule has 0 spiro atoms. The van der Waals surface area contributed by atoms with Crippen molar-refractivity contribution in [2.45, 2.75) is 49.5 Å². The van der Waals surface area contributed by atoms with Crippen LogP contribution in [0.25, 0.3) is 0 Å². The van der Waals surface area contributed by atoms with Gasteiger partial charge in [0.15, 0.2) is 0 Å². The highest BCUT2D eigenvalue weighted by atomic mass is 32.2. The van der Waals surface area contributed by atoms with Crippen LogP contribution in [0.4, 0.5) is 0 Å². The molecule has 2 N–H and O–H groups in total. The lowest BCUT2D eigenvalue weighted by Crippen LogP contribution is -2.41. The smallest absolute Gasteiger partial charge is 0.240 e. The average Bonchev–Trinajstić information content (AvgIpc) is 2.55. The summed E-state index contributed by atoms with van der Waals surface area (Å²) in [7, 11) is -3.68. The molecule has 1 saturated carbocycles. The molecule has 0 saturated heterocycles. The molecule has 1 aliphatic rings. The van der Waals surface area contributed by atoms with Gasteiger partial charge in [0.05, 0.1) is 16.5 Å². The lowest BCUT2D eigenvalue weighted by molar-refractivity contribution is 0.221. The molecule has 0 aliphatic heterocycles. The highest BCUT2D eigenvalue weighted by molar-refractivity contribution is 7.89. The number of nitriles is 1. The van der Waals surface area contributed by atoms with Gasteiger partial charge in [-0.15, -0.1) is 0 Å². The van der Waals surface area contributed by atoms with Crippen LogP contribution in [0.15, 0.2) is 29.2 Å². The summed E-state index contributed by atoms with van der Waals surface area (Å²) in [6.07, 6.45) is 5.81. The zero-order chi connectivity index (χ0) is 16.0. The fourth-order valence-electron chi connectivity index (χ4n) is 3.07. The second-order valence-corrected chi connectivity index (χ2v) is 7.49. The van der Waals surface area contributed by atoms with E-state index in [0.29, 0.717) is 12.0 Å². The average molecular weight is 322 g/mol. The molecule has 1 unspecified atom stereocenters. The van der Waals surface area contributed by atoms with E-state index in [1.807, 2.05) is 6.07 Å². The van der Waals surface area contributed by atoms with Gasteiger partial charge < -0.3 is 5.11 Å². The molecule has 2 rings (SSSR count). The zero-order valence-electron chi connectivity index (χ0n) is 12.5. The SMILES string of the molecule is N#Cc1cccc(S(=O)(=O)NC(CCO)C2CCCCC2)c1. The summed E-state index contributed by atoms with van der Waals surface area (Å²) in [5, 5.41) is 18.1. The van der Waals surface area contributed by atoms with Crippen LogP contribution in [0.1, 0.15) is 44.1 Å². The van der Waals surface area contributed by atoms with E-state index in [1.54, 1.807) is 12.1 Å². The van der Waals surface area contributed by atoms with E-state index in [9.17, 15) is 13.5 Å². The number of hydrogen-bond acceptors (Lipinski definition) is 4. The standard InChI is InChI=1S/C16H22N2O3S/c17-12-13-5-4-8-15(11-13)22(20,21)18-16(9-10-19)14-6-2-1-3-7-14/h4-5,8,11,14,16,18-19H,1-3,6-7,9-10H2. The molecule has 0 heterocycles. The van der Waals surface area contributed by atoms with E-state index in [0.717, 1.165) is 25.7 Å². The first-order valence-electron chi connectivity index (χ1n) is 7.70. The van der Waals surface area contributed by atoms with E-state index >= 15 is 0 Å². The Morgan fingerprint density at radius 2 is 2.05 bits per heavy atom. The molecule has 0 aromatic heterocycles. The first-order chi connectivity index (χ1) is 10.6. The quantitative estimate of drug-likeness (QED) is 0.840. The van der Waals surface area contributed by atoms with Crippen molar-refractivity contribution in [3.63, 3.8) is 0 Å². The molecule has 1 aromatic carbocycles. The number of nitrogens with one attached hydrogen (secondary N) is 1. The second kappa shape index (κ2) is 7.73. The van der Waals surface area contributed by atoms with Crippen molar-refractivity contribution >= 4 is 10.0 Å². The maximum atomic E-state index is 12.5. The Kier molecular flexibility index (Phi) is 5.95. The number of rotatable bonds is 6. The van der Waals surface area contributed by atoms with Gasteiger partial charge in [0.25, 0.3) is 0 Å². The minimum atomic E-state index is -3.68. The van der Waals surface area contributed by atoms with Crippen LogP contribution >= 0.6 is 0 Å². The van der Waals surface area contributed by atoms with E-state index in [2.05, 4.69) is 4.72 Å². The van der Waals surface area contributed by atoms with Crippen LogP contribution in [0, 0.1) is 17.2 Å². The van der Waals surface area contributed by atoms with Crippen molar-refractivity contribution in [2.75, 3.05) is 6.61 Å². The fraction of sp³-hybridized carbons (Fsp3) is 0.562. The molecule has 0 radical (unpaired) electrons. The summed E-state index contributed by atoms with van der Waals surface area (Å²) in [6.45, 7) is -0.0398. The molecule has 1 aliphatic carbocycles. The van der Waals surface area contributed by atoms with Gasteiger partial charge in [0.2, 0.25) is 10.0 Å². The van der Waals surface area contributed by atoms with Crippen molar-refractivity contribution in [2.24, 2.45) is 5.92 Å². The van der Waals surface area contributed by atoms with E-state index in [1.165, 1.54) is 18.6 Å². The van der Waals surface area contributed by atoms with Crippen LogP contribution in [0.3, 0.4) is 0 Å². The maximum absolute atomic E-state index is 12.5. The molecule has 1 aromatic rings. The van der Waals surface area contributed by atoms with Crippen molar-refractivity contribution in [1.29, 1.82) is 5.26 Å². The number of nitrogens with zero attached hydrogens (tertiary/aromatic N) is 1. The van der Waals surface area contributed by atoms with Crippen molar-refractivity contribution in [1.82, 2.24) is 4.72 Å². The highest BCUT2D eigenvalue weighted by Gasteiger charge is 2.28. The normalized spacial score (nSPS) is 17.8. The molecular formula is C16H22N2O3S. The molecular weight excluding hydrogens is 300 g/mol. The minimum Gasteiger partial charge on any atom is -0.396 e. The third-order valence-electron chi connectivity index (χ3n) is 4.24. The maximum Gasteiger partial charge on any atom is 0.240 e. The van der Waals surface area contributed by atoms with Crippen molar-refractivity contribution < 1.29 is 13.5 Å². The van der Waals surface area contributed by atoms with Crippen molar-refractivity contribution in [3.8, 4) is 6.07 Å². The van der Waals surface area contributed by atoms with E-state index in [-0.39, 0.29) is 23.5 Å². The Morgan fingerprint density at radius 3 is 2.68 bits per heavy atom.